The number of pyridine rings is 1. The molecule has 1 saturated carbocycles. The van der Waals surface area contributed by atoms with Crippen molar-refractivity contribution in [1.29, 1.82) is 0 Å². The normalized spacial score (nSPS) is 19.4. The molecule has 0 radical (unpaired) electrons. The molecular weight excluding hydrogens is 258 g/mol. The zero-order chi connectivity index (χ0) is 13.6. The van der Waals surface area contributed by atoms with E-state index in [0.29, 0.717) is 0 Å². The number of aromatic nitrogens is 3. The number of rotatable bonds is 3. The van der Waals surface area contributed by atoms with Gasteiger partial charge in [-0.25, -0.2) is 9.97 Å². The molecule has 0 amide bonds. The number of halogens is 1. The molecule has 1 aliphatic rings. The van der Waals surface area contributed by atoms with Gasteiger partial charge < -0.3 is 4.57 Å². The fourth-order valence-electron chi connectivity index (χ4n) is 3.17. The van der Waals surface area contributed by atoms with E-state index in [2.05, 4.69) is 23.4 Å². The number of hydrogen-bond donors (Lipinski definition) is 0. The average Bonchev–Trinajstić information content (AvgIpc) is 2.71. The highest BCUT2D eigenvalue weighted by Gasteiger charge is 2.40. The first-order chi connectivity index (χ1) is 9.09. The molecule has 1 aliphatic carbocycles. The molecule has 2 aromatic rings. The fraction of sp³-hybridized carbons (Fsp3) is 0.600. The summed E-state index contributed by atoms with van der Waals surface area (Å²) in [5.41, 5.74) is 3.37. The minimum absolute atomic E-state index is 0.0855. The molecule has 1 unspecified atom stereocenters. The predicted octanol–water partition coefficient (Wildman–Crippen LogP) is 4.33. The van der Waals surface area contributed by atoms with Gasteiger partial charge in [-0.2, -0.15) is 0 Å². The van der Waals surface area contributed by atoms with Gasteiger partial charge >= 0.3 is 0 Å². The van der Waals surface area contributed by atoms with E-state index in [1.54, 1.807) is 0 Å². The van der Waals surface area contributed by atoms with Gasteiger partial charge in [0.15, 0.2) is 5.65 Å². The van der Waals surface area contributed by atoms with Crippen molar-refractivity contribution in [3.05, 3.63) is 23.7 Å². The van der Waals surface area contributed by atoms with Gasteiger partial charge in [-0.3, -0.25) is 0 Å². The van der Waals surface area contributed by atoms with Gasteiger partial charge in [0.05, 0.1) is 5.38 Å². The van der Waals surface area contributed by atoms with Gasteiger partial charge in [0.25, 0.3) is 0 Å². The third-order valence-electron chi connectivity index (χ3n) is 4.55. The Bertz CT molecular complexity index is 606. The van der Waals surface area contributed by atoms with Crippen molar-refractivity contribution < 1.29 is 0 Å². The minimum Gasteiger partial charge on any atom is -0.305 e. The summed E-state index contributed by atoms with van der Waals surface area (Å²) < 4.78 is 2.33. The monoisotopic (exact) mass is 277 g/mol. The molecule has 2 heterocycles. The summed E-state index contributed by atoms with van der Waals surface area (Å²) in [6.45, 7) is 6.34. The maximum atomic E-state index is 6.37. The van der Waals surface area contributed by atoms with E-state index in [-0.39, 0.29) is 10.9 Å². The zero-order valence-corrected chi connectivity index (χ0v) is 12.5. The van der Waals surface area contributed by atoms with Crippen LogP contribution in [0.1, 0.15) is 56.3 Å². The second-order valence-electron chi connectivity index (χ2n) is 5.65. The van der Waals surface area contributed by atoms with E-state index in [0.717, 1.165) is 23.4 Å². The summed E-state index contributed by atoms with van der Waals surface area (Å²) in [7, 11) is 0. The first kappa shape index (κ1) is 12.9. The molecule has 1 atom stereocenters. The zero-order valence-electron chi connectivity index (χ0n) is 11.8. The third-order valence-corrected chi connectivity index (χ3v) is 4.74. The lowest BCUT2D eigenvalue weighted by Crippen LogP contribution is -2.41. The van der Waals surface area contributed by atoms with Gasteiger partial charge in [0, 0.05) is 11.7 Å². The van der Waals surface area contributed by atoms with Gasteiger partial charge in [-0.15, -0.1) is 11.6 Å². The first-order valence-electron chi connectivity index (χ1n) is 7.07. The molecule has 0 N–H and O–H groups in total. The smallest absolute Gasteiger partial charge is 0.160 e. The summed E-state index contributed by atoms with van der Waals surface area (Å²) in [5.74, 6) is 0.972. The summed E-state index contributed by atoms with van der Waals surface area (Å²) in [6.07, 6.45) is 6.70. The molecule has 1 fully saturated rings. The van der Waals surface area contributed by atoms with E-state index in [1.807, 2.05) is 19.2 Å². The van der Waals surface area contributed by atoms with Crippen LogP contribution in [0.15, 0.2) is 12.3 Å². The Morgan fingerprint density at radius 2 is 2.21 bits per heavy atom. The maximum absolute atomic E-state index is 6.37. The Morgan fingerprint density at radius 1 is 1.47 bits per heavy atom. The quantitative estimate of drug-likeness (QED) is 0.782. The van der Waals surface area contributed by atoms with Crippen molar-refractivity contribution in [2.75, 3.05) is 0 Å². The van der Waals surface area contributed by atoms with Crippen LogP contribution in [0.4, 0.5) is 0 Å². The number of hydrogen-bond acceptors (Lipinski definition) is 2. The molecule has 3 rings (SSSR count). The lowest BCUT2D eigenvalue weighted by molar-refractivity contribution is 0.136. The molecule has 0 saturated heterocycles. The Kier molecular flexibility index (Phi) is 3.05. The molecular formula is C15H20ClN3. The van der Waals surface area contributed by atoms with E-state index >= 15 is 0 Å². The summed E-state index contributed by atoms with van der Waals surface area (Å²) in [5, 5.41) is -0.0855. The van der Waals surface area contributed by atoms with Crippen LogP contribution < -0.4 is 0 Å². The largest absolute Gasteiger partial charge is 0.305 e. The van der Waals surface area contributed by atoms with Crippen LogP contribution in [-0.4, -0.2) is 14.5 Å². The lowest BCUT2D eigenvalue weighted by Gasteiger charge is -2.43. The summed E-state index contributed by atoms with van der Waals surface area (Å²) >= 11 is 6.37. The van der Waals surface area contributed by atoms with Gasteiger partial charge in [-0.05, 0) is 51.2 Å². The lowest BCUT2D eigenvalue weighted by atomic mass is 9.74. The summed E-state index contributed by atoms with van der Waals surface area (Å²) in [6, 6.07) is 2.02. The summed E-state index contributed by atoms with van der Waals surface area (Å²) in [4.78, 5) is 9.36. The highest BCUT2D eigenvalue weighted by atomic mass is 35.5. The SMILES string of the molecule is CCC1(n2c(C(C)Cl)nc3c(C)ccnc32)CCC1. The second kappa shape index (κ2) is 4.48. The third kappa shape index (κ3) is 1.78. The maximum Gasteiger partial charge on any atom is 0.160 e. The average molecular weight is 278 g/mol. The van der Waals surface area contributed by atoms with Crippen LogP contribution in [0.2, 0.25) is 0 Å². The number of aryl methyl sites for hydroxylation is 1. The molecule has 19 heavy (non-hydrogen) atoms. The van der Waals surface area contributed by atoms with Crippen molar-refractivity contribution >= 4 is 22.8 Å². The molecule has 0 spiro atoms. The molecule has 3 nitrogen and oxygen atoms in total. The number of fused-ring (bicyclic) bond motifs is 1. The van der Waals surface area contributed by atoms with E-state index in [4.69, 9.17) is 16.6 Å². The van der Waals surface area contributed by atoms with Gasteiger partial charge in [0.2, 0.25) is 0 Å². The van der Waals surface area contributed by atoms with Crippen LogP contribution in [0.25, 0.3) is 11.2 Å². The second-order valence-corrected chi connectivity index (χ2v) is 6.31. The fourth-order valence-corrected chi connectivity index (χ4v) is 3.31. The minimum atomic E-state index is -0.0855. The highest BCUT2D eigenvalue weighted by Crippen LogP contribution is 2.45. The molecule has 0 aromatic carbocycles. The van der Waals surface area contributed by atoms with Crippen LogP contribution in [0.3, 0.4) is 0 Å². The highest BCUT2D eigenvalue weighted by molar-refractivity contribution is 6.20. The molecule has 2 aromatic heterocycles. The Hall–Kier alpha value is -1.09. The van der Waals surface area contributed by atoms with Gasteiger partial charge in [-0.1, -0.05) is 6.92 Å². The molecule has 102 valence electrons. The molecule has 4 heteroatoms. The molecule has 0 aliphatic heterocycles. The Labute approximate surface area is 119 Å². The Balaban J connectivity index is 2.31. The molecule has 0 bridgehead atoms. The number of nitrogens with zero attached hydrogens (tertiary/aromatic N) is 3. The van der Waals surface area contributed by atoms with Gasteiger partial charge in [0.1, 0.15) is 11.3 Å². The Morgan fingerprint density at radius 3 is 2.74 bits per heavy atom. The van der Waals surface area contributed by atoms with Crippen LogP contribution >= 0.6 is 11.6 Å². The van der Waals surface area contributed by atoms with Crippen molar-refractivity contribution in [2.24, 2.45) is 0 Å². The van der Waals surface area contributed by atoms with Crippen molar-refractivity contribution in [3.8, 4) is 0 Å². The van der Waals surface area contributed by atoms with Crippen LogP contribution in [-0.2, 0) is 5.54 Å². The van der Waals surface area contributed by atoms with Crippen molar-refractivity contribution in [2.45, 2.75) is 57.4 Å². The van der Waals surface area contributed by atoms with Crippen molar-refractivity contribution in [3.63, 3.8) is 0 Å². The number of imidazole rings is 1. The van der Waals surface area contributed by atoms with Crippen molar-refractivity contribution in [1.82, 2.24) is 14.5 Å². The number of alkyl halides is 1. The van der Waals surface area contributed by atoms with Crippen LogP contribution in [0.5, 0.6) is 0 Å². The standard InChI is InChI=1S/C15H20ClN3/c1-4-15(7-5-8-15)19-13(11(3)16)18-12-10(2)6-9-17-14(12)19/h6,9,11H,4-5,7-8H2,1-3H3. The van der Waals surface area contributed by atoms with E-state index in [1.165, 1.54) is 24.8 Å². The first-order valence-corrected chi connectivity index (χ1v) is 7.51. The van der Waals surface area contributed by atoms with Crippen LogP contribution in [0, 0.1) is 6.92 Å². The topological polar surface area (TPSA) is 30.7 Å². The van der Waals surface area contributed by atoms with E-state index < -0.39 is 0 Å². The predicted molar refractivity (Wildman–Crippen MR) is 78.6 cm³/mol. The van der Waals surface area contributed by atoms with E-state index in [9.17, 15) is 0 Å².